The van der Waals surface area contributed by atoms with E-state index in [1.54, 1.807) is 0 Å². The number of fused-ring (bicyclic) bond motifs is 3. The summed E-state index contributed by atoms with van der Waals surface area (Å²) in [7, 11) is 0. The van der Waals surface area contributed by atoms with Crippen LogP contribution in [0.25, 0.3) is 11.1 Å². The Morgan fingerprint density at radius 2 is 1.59 bits per heavy atom. The number of ether oxygens (including phenoxy) is 1. The number of hydrogen-bond donors (Lipinski definition) is 3. The van der Waals surface area contributed by atoms with E-state index in [-0.39, 0.29) is 19.1 Å². The van der Waals surface area contributed by atoms with Crippen LogP contribution in [0.15, 0.2) is 48.5 Å². The topological polar surface area (TPSA) is 105 Å². The molecule has 0 heterocycles. The van der Waals surface area contributed by atoms with Gasteiger partial charge in [0.2, 0.25) is 5.91 Å². The molecule has 182 valence electrons. The highest BCUT2D eigenvalue weighted by molar-refractivity contribution is 5.85. The lowest BCUT2D eigenvalue weighted by molar-refractivity contribution is -0.184. The van der Waals surface area contributed by atoms with Crippen molar-refractivity contribution in [3.8, 4) is 11.1 Å². The van der Waals surface area contributed by atoms with Crippen LogP contribution in [0.4, 0.5) is 18.0 Å². The van der Waals surface area contributed by atoms with Gasteiger partial charge in [0.25, 0.3) is 0 Å². The summed E-state index contributed by atoms with van der Waals surface area (Å²) in [5, 5.41) is 13.3. The number of benzene rings is 2. The minimum Gasteiger partial charge on any atom is -0.481 e. The molecule has 2 aromatic carbocycles. The molecule has 2 atom stereocenters. The molecule has 0 bridgehead atoms. The van der Waals surface area contributed by atoms with Gasteiger partial charge in [0.05, 0.1) is 12.3 Å². The van der Waals surface area contributed by atoms with Gasteiger partial charge in [-0.05, 0) is 35.6 Å². The smallest absolute Gasteiger partial charge is 0.407 e. The molecule has 0 aliphatic heterocycles. The van der Waals surface area contributed by atoms with Gasteiger partial charge < -0.3 is 20.5 Å². The Kier molecular flexibility index (Phi) is 7.80. The Balaban J connectivity index is 1.49. The molecule has 0 saturated carbocycles. The van der Waals surface area contributed by atoms with Crippen molar-refractivity contribution in [2.75, 3.05) is 13.2 Å². The van der Waals surface area contributed by atoms with Crippen molar-refractivity contribution in [1.82, 2.24) is 10.6 Å². The number of rotatable bonds is 9. The van der Waals surface area contributed by atoms with Crippen molar-refractivity contribution in [1.29, 1.82) is 0 Å². The number of alkyl carbamates (subject to hydrolysis) is 1. The predicted octanol–water partition coefficient (Wildman–Crippen LogP) is 4.07. The Morgan fingerprint density at radius 3 is 2.12 bits per heavy atom. The Bertz CT molecular complexity index is 1010. The zero-order valence-electron chi connectivity index (χ0n) is 18.4. The maximum absolute atomic E-state index is 12.9. The molecule has 0 radical (unpaired) electrons. The van der Waals surface area contributed by atoms with Crippen LogP contribution in [-0.2, 0) is 14.3 Å². The molecule has 0 fully saturated rings. The maximum atomic E-state index is 12.9. The number of amides is 2. The van der Waals surface area contributed by atoms with Crippen LogP contribution in [0.5, 0.6) is 0 Å². The third kappa shape index (κ3) is 6.06. The van der Waals surface area contributed by atoms with Crippen LogP contribution in [0.1, 0.15) is 36.8 Å². The summed E-state index contributed by atoms with van der Waals surface area (Å²) in [6.07, 6.45) is -7.18. The average molecular weight is 478 g/mol. The van der Waals surface area contributed by atoms with E-state index in [2.05, 4.69) is 10.6 Å². The molecule has 1 aliphatic carbocycles. The minimum absolute atomic E-state index is 0.0522. The normalized spacial score (nSPS) is 14.5. The summed E-state index contributed by atoms with van der Waals surface area (Å²) < 4.78 is 44.0. The second kappa shape index (κ2) is 10.6. The number of carboxylic acid groups (broad SMARTS) is 1. The molecule has 7 nitrogen and oxygen atoms in total. The molecule has 3 N–H and O–H groups in total. The number of alkyl halides is 3. The predicted molar refractivity (Wildman–Crippen MR) is 117 cm³/mol. The molecular formula is C24H25F3N2O5. The lowest BCUT2D eigenvalue weighted by atomic mass is 9.98. The number of halogens is 3. The molecule has 0 aromatic heterocycles. The van der Waals surface area contributed by atoms with Crippen molar-refractivity contribution in [3.05, 3.63) is 59.7 Å². The summed E-state index contributed by atoms with van der Waals surface area (Å²) in [6, 6.07) is 14.6. The van der Waals surface area contributed by atoms with Crippen molar-refractivity contribution >= 4 is 18.0 Å². The van der Waals surface area contributed by atoms with Crippen LogP contribution < -0.4 is 10.6 Å². The molecule has 34 heavy (non-hydrogen) atoms. The SMILES string of the molecule is CC(NC(=O)OCC1c2ccccc2-c2ccccc21)C(=O)NCCC(CC(=O)O)C(F)(F)F. The third-order valence-electron chi connectivity index (χ3n) is 5.75. The Labute approximate surface area is 194 Å². The van der Waals surface area contributed by atoms with E-state index in [9.17, 15) is 27.6 Å². The number of carbonyl (C=O) groups is 3. The largest absolute Gasteiger partial charge is 0.481 e. The van der Waals surface area contributed by atoms with E-state index in [1.807, 2.05) is 48.5 Å². The van der Waals surface area contributed by atoms with Gasteiger partial charge in [-0.25, -0.2) is 4.79 Å². The summed E-state index contributed by atoms with van der Waals surface area (Å²) in [5.74, 6) is -4.50. The molecule has 2 aromatic rings. The van der Waals surface area contributed by atoms with Crippen LogP contribution in [0.2, 0.25) is 0 Å². The number of hydrogen-bond acceptors (Lipinski definition) is 4. The first-order valence-corrected chi connectivity index (χ1v) is 10.8. The third-order valence-corrected chi connectivity index (χ3v) is 5.75. The van der Waals surface area contributed by atoms with E-state index in [0.717, 1.165) is 22.3 Å². The van der Waals surface area contributed by atoms with Gasteiger partial charge in [-0.3, -0.25) is 9.59 Å². The first-order valence-electron chi connectivity index (χ1n) is 10.8. The molecule has 3 rings (SSSR count). The zero-order valence-corrected chi connectivity index (χ0v) is 18.4. The number of carboxylic acids is 1. The van der Waals surface area contributed by atoms with Crippen LogP contribution in [-0.4, -0.2) is 48.4 Å². The van der Waals surface area contributed by atoms with Crippen LogP contribution >= 0.6 is 0 Å². The number of nitrogens with one attached hydrogen (secondary N) is 2. The fourth-order valence-corrected chi connectivity index (χ4v) is 4.00. The molecule has 10 heteroatoms. The standard InChI is InChI=1S/C24H25F3N2O5/c1-14(22(32)28-11-10-15(12-21(30)31)24(25,26)27)29-23(33)34-13-20-18-8-4-2-6-16(18)17-7-3-5-9-19(17)20/h2-9,14-15,20H,10-13H2,1H3,(H,28,32)(H,29,33)(H,30,31). The fourth-order valence-electron chi connectivity index (χ4n) is 4.00. The summed E-state index contributed by atoms with van der Waals surface area (Å²) >= 11 is 0. The lowest BCUT2D eigenvalue weighted by Crippen LogP contribution is -2.46. The minimum atomic E-state index is -4.69. The summed E-state index contributed by atoms with van der Waals surface area (Å²) in [6.45, 7) is 1.04. The van der Waals surface area contributed by atoms with Crippen LogP contribution in [0, 0.1) is 5.92 Å². The number of aliphatic carboxylic acids is 1. The first kappa shape index (κ1) is 25.1. The molecule has 0 spiro atoms. The van der Waals surface area contributed by atoms with E-state index >= 15 is 0 Å². The quantitative estimate of drug-likeness (QED) is 0.504. The van der Waals surface area contributed by atoms with Gasteiger partial charge in [-0.1, -0.05) is 48.5 Å². The van der Waals surface area contributed by atoms with Gasteiger partial charge >= 0.3 is 18.2 Å². The summed E-state index contributed by atoms with van der Waals surface area (Å²) in [4.78, 5) is 35.0. The van der Waals surface area contributed by atoms with Crippen molar-refractivity contribution in [3.63, 3.8) is 0 Å². The van der Waals surface area contributed by atoms with Gasteiger partial charge in [-0.2, -0.15) is 13.2 Å². The number of carbonyl (C=O) groups excluding carboxylic acids is 2. The zero-order chi connectivity index (χ0) is 24.9. The lowest BCUT2D eigenvalue weighted by Gasteiger charge is -2.20. The molecule has 1 aliphatic rings. The van der Waals surface area contributed by atoms with E-state index in [0.29, 0.717) is 0 Å². The van der Waals surface area contributed by atoms with Crippen LogP contribution in [0.3, 0.4) is 0 Å². The fraction of sp³-hybridized carbons (Fsp3) is 0.375. The second-order valence-corrected chi connectivity index (χ2v) is 8.11. The van der Waals surface area contributed by atoms with Gasteiger partial charge in [-0.15, -0.1) is 0 Å². The van der Waals surface area contributed by atoms with E-state index < -0.39 is 48.9 Å². The van der Waals surface area contributed by atoms with Crippen molar-refractivity contribution in [2.45, 2.75) is 37.9 Å². The molecule has 0 saturated heterocycles. The first-order chi connectivity index (χ1) is 16.1. The highest BCUT2D eigenvalue weighted by atomic mass is 19.4. The molecule has 2 amide bonds. The summed E-state index contributed by atoms with van der Waals surface area (Å²) in [5.41, 5.74) is 4.20. The average Bonchev–Trinajstić information content (AvgIpc) is 3.09. The monoisotopic (exact) mass is 478 g/mol. The highest BCUT2D eigenvalue weighted by Gasteiger charge is 2.40. The second-order valence-electron chi connectivity index (χ2n) is 8.11. The van der Waals surface area contributed by atoms with Gasteiger partial charge in [0.1, 0.15) is 12.6 Å². The maximum Gasteiger partial charge on any atom is 0.407 e. The molecular weight excluding hydrogens is 453 g/mol. The Morgan fingerprint density at radius 1 is 1.03 bits per heavy atom. The van der Waals surface area contributed by atoms with E-state index in [1.165, 1.54) is 6.92 Å². The highest BCUT2D eigenvalue weighted by Crippen LogP contribution is 2.44. The van der Waals surface area contributed by atoms with Gasteiger partial charge in [0.15, 0.2) is 0 Å². The Hall–Kier alpha value is -3.56. The molecule has 2 unspecified atom stereocenters. The van der Waals surface area contributed by atoms with Gasteiger partial charge in [0, 0.05) is 12.5 Å². The van der Waals surface area contributed by atoms with Crippen molar-refractivity contribution < 1.29 is 37.4 Å². The van der Waals surface area contributed by atoms with Crippen molar-refractivity contribution in [2.24, 2.45) is 5.92 Å². The van der Waals surface area contributed by atoms with E-state index in [4.69, 9.17) is 9.84 Å².